The summed E-state index contributed by atoms with van der Waals surface area (Å²) in [5.41, 5.74) is 3.25. The van der Waals surface area contributed by atoms with Crippen LogP contribution >= 0.6 is 15.9 Å². The maximum absolute atomic E-state index is 13.3. The molecule has 0 saturated heterocycles. The molecule has 2 aromatic carbocycles. The molecule has 0 heterocycles. The number of carbonyl (C=O) groups excluding carboxylic acids is 1. The molecule has 1 aliphatic carbocycles. The van der Waals surface area contributed by atoms with E-state index >= 15 is 0 Å². The highest BCUT2D eigenvalue weighted by Gasteiger charge is 2.34. The lowest BCUT2D eigenvalue weighted by Crippen LogP contribution is -2.40. The second-order valence-corrected chi connectivity index (χ2v) is 11.0. The van der Waals surface area contributed by atoms with Crippen molar-refractivity contribution in [1.29, 1.82) is 0 Å². The molecule has 0 radical (unpaired) electrons. The predicted octanol–water partition coefficient (Wildman–Crippen LogP) is 7.50. The molecular weight excluding hydrogens is 506 g/mol. The first-order valence-electron chi connectivity index (χ1n) is 12.7. The van der Waals surface area contributed by atoms with Gasteiger partial charge in [-0.25, -0.2) is 4.79 Å². The Labute approximate surface area is 219 Å². The van der Waals surface area contributed by atoms with Crippen molar-refractivity contribution in [2.24, 2.45) is 17.8 Å². The zero-order valence-electron chi connectivity index (χ0n) is 21.9. The van der Waals surface area contributed by atoms with E-state index in [2.05, 4.69) is 61.1 Å². The van der Waals surface area contributed by atoms with Crippen molar-refractivity contribution >= 4 is 22.0 Å². The zero-order valence-corrected chi connectivity index (χ0v) is 23.5. The van der Waals surface area contributed by atoms with Crippen LogP contribution in [0.1, 0.15) is 69.7 Å². The normalized spacial score (nSPS) is 20.9. The quantitative estimate of drug-likeness (QED) is 0.354. The van der Waals surface area contributed by atoms with E-state index < -0.39 is 0 Å². The van der Waals surface area contributed by atoms with E-state index in [-0.39, 0.29) is 18.2 Å². The Morgan fingerprint density at radius 3 is 2.34 bits per heavy atom. The first kappa shape index (κ1) is 27.4. The molecule has 192 valence electrons. The van der Waals surface area contributed by atoms with Crippen molar-refractivity contribution in [2.75, 3.05) is 14.2 Å². The number of carbonyl (C=O) groups is 1. The van der Waals surface area contributed by atoms with Gasteiger partial charge in [-0.05, 0) is 84.4 Å². The molecule has 1 fully saturated rings. The number of alkyl carbamates (subject to hydrolysis) is 1. The fourth-order valence-corrected chi connectivity index (χ4v) is 5.49. The van der Waals surface area contributed by atoms with E-state index in [4.69, 9.17) is 14.2 Å². The number of hydrogen-bond donors (Lipinski definition) is 1. The van der Waals surface area contributed by atoms with Gasteiger partial charge < -0.3 is 19.5 Å². The van der Waals surface area contributed by atoms with Crippen LogP contribution in [-0.4, -0.2) is 26.4 Å². The monoisotopic (exact) mass is 545 g/mol. The van der Waals surface area contributed by atoms with Gasteiger partial charge in [0.25, 0.3) is 0 Å². The summed E-state index contributed by atoms with van der Waals surface area (Å²) in [7, 11) is 3.27. The number of aryl methyl sites for hydroxylation is 1. The minimum atomic E-state index is -0.353. The minimum Gasteiger partial charge on any atom is -0.493 e. The van der Waals surface area contributed by atoms with Crippen LogP contribution in [0.4, 0.5) is 4.79 Å². The summed E-state index contributed by atoms with van der Waals surface area (Å²) < 4.78 is 18.3. The summed E-state index contributed by atoms with van der Waals surface area (Å²) >= 11 is 3.51. The smallest absolute Gasteiger partial charge is 0.407 e. The van der Waals surface area contributed by atoms with Crippen LogP contribution in [-0.2, 0) is 17.6 Å². The molecule has 0 aromatic heterocycles. The third kappa shape index (κ3) is 7.16. The lowest BCUT2D eigenvalue weighted by atomic mass is 9.75. The lowest BCUT2D eigenvalue weighted by Gasteiger charge is -2.37. The molecule has 3 rings (SSSR count). The van der Waals surface area contributed by atoms with Gasteiger partial charge in [0.2, 0.25) is 0 Å². The Kier molecular flexibility index (Phi) is 9.90. The first-order valence-corrected chi connectivity index (χ1v) is 13.5. The largest absolute Gasteiger partial charge is 0.493 e. The summed E-state index contributed by atoms with van der Waals surface area (Å²) in [6, 6.07) is 11.9. The van der Waals surface area contributed by atoms with Crippen LogP contribution in [0.15, 0.2) is 40.9 Å². The molecule has 35 heavy (non-hydrogen) atoms. The molecule has 1 saturated carbocycles. The molecule has 1 aliphatic rings. The van der Waals surface area contributed by atoms with Crippen molar-refractivity contribution in [3.63, 3.8) is 0 Å². The van der Waals surface area contributed by atoms with Gasteiger partial charge in [-0.2, -0.15) is 0 Å². The standard InChI is InChI=1S/C29H40BrNO4/c1-7-21-16-27(33-5)28(34-6)17-24(21)25(15-20-9-11-22(30)12-10-20)31-29(32)35-26-14-19(4)8-13-23(26)18(2)3/h9-12,16-19,23,25-26H,7-8,13-15H2,1-6H3,(H,31,32)/t19-,23+,25?,26-/m0/s1. The minimum absolute atomic E-state index is 0.0527. The highest BCUT2D eigenvalue weighted by Crippen LogP contribution is 2.37. The van der Waals surface area contributed by atoms with Gasteiger partial charge in [-0.15, -0.1) is 0 Å². The van der Waals surface area contributed by atoms with Gasteiger partial charge in [0.05, 0.1) is 20.3 Å². The average molecular weight is 547 g/mol. The molecule has 4 atom stereocenters. The Morgan fingerprint density at radius 1 is 1.09 bits per heavy atom. The fourth-order valence-electron chi connectivity index (χ4n) is 5.23. The lowest BCUT2D eigenvalue weighted by molar-refractivity contribution is 0.00491. The van der Waals surface area contributed by atoms with Crippen molar-refractivity contribution in [2.45, 2.75) is 71.9 Å². The number of amides is 1. The predicted molar refractivity (Wildman–Crippen MR) is 144 cm³/mol. The molecule has 1 unspecified atom stereocenters. The second kappa shape index (κ2) is 12.7. The number of rotatable bonds is 9. The fraction of sp³-hybridized carbons (Fsp3) is 0.552. The van der Waals surface area contributed by atoms with Crippen LogP contribution < -0.4 is 14.8 Å². The number of methoxy groups -OCH3 is 2. The summed E-state index contributed by atoms with van der Waals surface area (Å²) in [5.74, 6) is 2.79. The van der Waals surface area contributed by atoms with Crippen molar-refractivity contribution in [1.82, 2.24) is 5.32 Å². The van der Waals surface area contributed by atoms with Gasteiger partial charge in [-0.3, -0.25) is 0 Å². The molecule has 0 aliphatic heterocycles. The SMILES string of the molecule is CCc1cc(OC)c(OC)cc1C(Cc1ccc(Br)cc1)NC(=O)O[C@H]1C[C@@H](C)CC[C@@H]1C(C)C. The molecular formula is C29H40BrNO4. The molecule has 5 nitrogen and oxygen atoms in total. The first-order chi connectivity index (χ1) is 16.7. The average Bonchev–Trinajstić information content (AvgIpc) is 2.83. The number of hydrogen-bond acceptors (Lipinski definition) is 4. The van der Waals surface area contributed by atoms with Crippen molar-refractivity contribution in [3.05, 3.63) is 57.6 Å². The summed E-state index contributed by atoms with van der Waals surface area (Å²) in [4.78, 5) is 13.3. The van der Waals surface area contributed by atoms with Crippen LogP contribution in [0.3, 0.4) is 0 Å². The highest BCUT2D eigenvalue weighted by molar-refractivity contribution is 9.10. The van der Waals surface area contributed by atoms with E-state index in [0.29, 0.717) is 35.7 Å². The summed E-state index contributed by atoms with van der Waals surface area (Å²) in [6.07, 6.45) is 4.26. The Hall–Kier alpha value is -2.21. The third-order valence-corrected chi connectivity index (χ3v) is 7.80. The molecule has 0 spiro atoms. The third-order valence-electron chi connectivity index (χ3n) is 7.27. The summed E-state index contributed by atoms with van der Waals surface area (Å²) in [5, 5.41) is 3.21. The topological polar surface area (TPSA) is 56.8 Å². The number of nitrogens with one attached hydrogen (secondary N) is 1. The maximum Gasteiger partial charge on any atom is 0.407 e. The zero-order chi connectivity index (χ0) is 25.5. The Bertz CT molecular complexity index is 975. The molecule has 6 heteroatoms. The van der Waals surface area contributed by atoms with Crippen molar-refractivity contribution in [3.8, 4) is 11.5 Å². The van der Waals surface area contributed by atoms with Gasteiger partial charge in [0.1, 0.15) is 6.10 Å². The summed E-state index contributed by atoms with van der Waals surface area (Å²) in [6.45, 7) is 8.81. The Balaban J connectivity index is 1.90. The number of halogens is 1. The van der Waals surface area contributed by atoms with Crippen LogP contribution in [0.5, 0.6) is 11.5 Å². The molecule has 0 bridgehead atoms. The van der Waals surface area contributed by atoms with Gasteiger partial charge in [0.15, 0.2) is 11.5 Å². The molecule has 1 N–H and O–H groups in total. The molecule has 1 amide bonds. The van der Waals surface area contributed by atoms with Gasteiger partial charge >= 0.3 is 6.09 Å². The van der Waals surface area contributed by atoms with E-state index in [1.54, 1.807) is 14.2 Å². The van der Waals surface area contributed by atoms with Gasteiger partial charge in [0, 0.05) is 4.47 Å². The highest BCUT2D eigenvalue weighted by atomic mass is 79.9. The molecule has 2 aromatic rings. The van der Waals surface area contributed by atoms with Crippen LogP contribution in [0, 0.1) is 17.8 Å². The van der Waals surface area contributed by atoms with Gasteiger partial charge in [-0.1, -0.05) is 62.2 Å². The van der Waals surface area contributed by atoms with Crippen LogP contribution in [0.25, 0.3) is 0 Å². The van der Waals surface area contributed by atoms with Crippen molar-refractivity contribution < 1.29 is 19.0 Å². The van der Waals surface area contributed by atoms with E-state index in [0.717, 1.165) is 40.4 Å². The van der Waals surface area contributed by atoms with E-state index in [1.807, 2.05) is 24.3 Å². The second-order valence-electron chi connectivity index (χ2n) is 10.1. The number of ether oxygens (including phenoxy) is 3. The van der Waals surface area contributed by atoms with E-state index in [1.165, 1.54) is 6.42 Å². The van der Waals surface area contributed by atoms with Crippen LogP contribution in [0.2, 0.25) is 0 Å². The van der Waals surface area contributed by atoms with E-state index in [9.17, 15) is 4.79 Å². The number of benzene rings is 2. The Morgan fingerprint density at radius 2 is 1.74 bits per heavy atom. The maximum atomic E-state index is 13.3.